The van der Waals surface area contributed by atoms with Crippen LogP contribution in [0.2, 0.25) is 0 Å². The Kier molecular flexibility index (Phi) is 5.29. The number of phenolic OH excluding ortho intramolecular Hbond substituents is 1. The standard InChI is InChI=1S/C15H16Br2N2O2S/c1-4-19-7(2)12(8(3)20)13(18-15(19)22)10-5-9(16)6-11(17)14(10)21/h5-6,13,21H,4H2,1-3H3,(H,18,22). The Bertz CT molecular complexity index is 688. The summed E-state index contributed by atoms with van der Waals surface area (Å²) in [5, 5.41) is 14.1. The molecule has 0 saturated heterocycles. The number of allylic oxidation sites excluding steroid dienone is 1. The lowest BCUT2D eigenvalue weighted by Crippen LogP contribution is -2.47. The minimum absolute atomic E-state index is 0.0496. The Hall–Kier alpha value is -0.920. The van der Waals surface area contributed by atoms with Gasteiger partial charge in [0.05, 0.1) is 10.5 Å². The molecule has 22 heavy (non-hydrogen) atoms. The van der Waals surface area contributed by atoms with Gasteiger partial charge >= 0.3 is 0 Å². The Morgan fingerprint density at radius 3 is 2.64 bits per heavy atom. The first-order valence-electron chi connectivity index (χ1n) is 6.75. The predicted molar refractivity (Wildman–Crippen MR) is 97.7 cm³/mol. The smallest absolute Gasteiger partial charge is 0.173 e. The van der Waals surface area contributed by atoms with Gasteiger partial charge in [-0.2, -0.15) is 0 Å². The first-order chi connectivity index (χ1) is 10.3. The van der Waals surface area contributed by atoms with Crippen molar-refractivity contribution < 1.29 is 9.90 Å². The number of hydrogen-bond donors (Lipinski definition) is 2. The molecule has 0 radical (unpaired) electrons. The summed E-state index contributed by atoms with van der Waals surface area (Å²) in [5.74, 6) is 0.0476. The lowest BCUT2D eigenvalue weighted by Gasteiger charge is -2.37. The number of nitrogens with zero attached hydrogens (tertiary/aromatic N) is 1. The monoisotopic (exact) mass is 446 g/mol. The Labute approximate surface area is 151 Å². The van der Waals surface area contributed by atoms with Crippen LogP contribution in [0.4, 0.5) is 0 Å². The molecule has 1 atom stereocenters. The largest absolute Gasteiger partial charge is 0.506 e. The van der Waals surface area contributed by atoms with Crippen LogP contribution in [-0.2, 0) is 4.79 Å². The van der Waals surface area contributed by atoms with E-state index in [1.54, 1.807) is 12.1 Å². The van der Waals surface area contributed by atoms with Gasteiger partial charge in [-0.1, -0.05) is 15.9 Å². The summed E-state index contributed by atoms with van der Waals surface area (Å²) in [4.78, 5) is 14.1. The Morgan fingerprint density at radius 2 is 2.09 bits per heavy atom. The molecule has 7 heteroatoms. The van der Waals surface area contributed by atoms with E-state index in [-0.39, 0.29) is 11.5 Å². The van der Waals surface area contributed by atoms with Gasteiger partial charge in [-0.25, -0.2) is 0 Å². The number of carbonyl (C=O) groups is 1. The van der Waals surface area contributed by atoms with E-state index in [0.29, 0.717) is 27.3 Å². The first-order valence-corrected chi connectivity index (χ1v) is 8.75. The number of carbonyl (C=O) groups excluding carboxylic acids is 1. The number of Topliss-reactive ketones (excluding diaryl/α,β-unsaturated/α-hetero) is 1. The summed E-state index contributed by atoms with van der Waals surface area (Å²) in [6, 6.07) is 3.07. The summed E-state index contributed by atoms with van der Waals surface area (Å²) in [5.41, 5.74) is 2.03. The van der Waals surface area contributed by atoms with E-state index in [9.17, 15) is 9.90 Å². The van der Waals surface area contributed by atoms with Crippen molar-refractivity contribution in [1.82, 2.24) is 10.2 Å². The molecule has 0 aliphatic carbocycles. The van der Waals surface area contributed by atoms with Crippen molar-refractivity contribution in [3.63, 3.8) is 0 Å². The van der Waals surface area contributed by atoms with E-state index in [2.05, 4.69) is 37.2 Å². The number of aromatic hydroxyl groups is 1. The second kappa shape index (κ2) is 6.68. The molecular formula is C15H16Br2N2O2S. The van der Waals surface area contributed by atoms with Crippen LogP contribution < -0.4 is 5.32 Å². The highest BCUT2D eigenvalue weighted by molar-refractivity contribution is 9.11. The summed E-state index contributed by atoms with van der Waals surface area (Å²) < 4.78 is 1.36. The van der Waals surface area contributed by atoms with Gasteiger partial charge in [-0.3, -0.25) is 4.79 Å². The topological polar surface area (TPSA) is 52.6 Å². The van der Waals surface area contributed by atoms with Crippen molar-refractivity contribution in [3.05, 3.63) is 37.9 Å². The fraction of sp³-hybridized carbons (Fsp3) is 0.333. The molecule has 2 rings (SSSR count). The number of hydrogen-bond acceptors (Lipinski definition) is 3. The van der Waals surface area contributed by atoms with Gasteiger partial charge in [0.2, 0.25) is 0 Å². The average Bonchev–Trinajstić information content (AvgIpc) is 2.42. The SMILES string of the molecule is CCN1C(=S)NC(c2cc(Br)cc(Br)c2O)C(C(C)=O)=C1C. The third-order valence-corrected chi connectivity index (χ3v) is 5.06. The third kappa shape index (κ3) is 3.07. The van der Waals surface area contributed by atoms with E-state index < -0.39 is 6.04 Å². The van der Waals surface area contributed by atoms with Crippen molar-refractivity contribution in [1.29, 1.82) is 0 Å². The van der Waals surface area contributed by atoms with Crippen LogP contribution in [0.25, 0.3) is 0 Å². The van der Waals surface area contributed by atoms with Crippen molar-refractivity contribution in [2.24, 2.45) is 0 Å². The number of ketones is 1. The van der Waals surface area contributed by atoms with E-state index in [4.69, 9.17) is 12.2 Å². The number of thiocarbonyl (C=S) groups is 1. The highest BCUT2D eigenvalue weighted by Gasteiger charge is 2.33. The maximum absolute atomic E-state index is 12.2. The molecule has 4 nitrogen and oxygen atoms in total. The summed E-state index contributed by atoms with van der Waals surface area (Å²) in [6.45, 7) is 6.06. The van der Waals surface area contributed by atoms with Gasteiger partial charge in [0.25, 0.3) is 0 Å². The van der Waals surface area contributed by atoms with E-state index in [0.717, 1.165) is 10.2 Å². The molecule has 0 aromatic heterocycles. The van der Waals surface area contributed by atoms with E-state index >= 15 is 0 Å². The lowest BCUT2D eigenvalue weighted by molar-refractivity contribution is -0.114. The minimum atomic E-state index is -0.471. The van der Waals surface area contributed by atoms with Crippen LogP contribution in [0.3, 0.4) is 0 Å². The van der Waals surface area contributed by atoms with Gasteiger partial charge in [0.1, 0.15) is 5.75 Å². The summed E-state index contributed by atoms with van der Waals surface area (Å²) >= 11 is 12.1. The molecular weight excluding hydrogens is 432 g/mol. The quantitative estimate of drug-likeness (QED) is 0.685. The molecule has 118 valence electrons. The number of halogens is 2. The second-order valence-corrected chi connectivity index (χ2v) is 7.16. The van der Waals surface area contributed by atoms with Gasteiger partial charge < -0.3 is 15.3 Å². The molecule has 1 aromatic rings. The molecule has 1 aliphatic heterocycles. The highest BCUT2D eigenvalue weighted by atomic mass is 79.9. The average molecular weight is 448 g/mol. The fourth-order valence-electron chi connectivity index (χ4n) is 2.66. The summed E-state index contributed by atoms with van der Waals surface area (Å²) in [6.07, 6.45) is 0. The molecule has 0 bridgehead atoms. The minimum Gasteiger partial charge on any atom is -0.506 e. The number of phenols is 1. The van der Waals surface area contributed by atoms with Gasteiger partial charge in [0.15, 0.2) is 10.9 Å². The Balaban J connectivity index is 2.66. The van der Waals surface area contributed by atoms with Gasteiger partial charge in [-0.15, -0.1) is 0 Å². The van der Waals surface area contributed by atoms with Gasteiger partial charge in [0, 0.05) is 27.9 Å². The normalized spacial score (nSPS) is 18.5. The maximum atomic E-state index is 12.2. The van der Waals surface area contributed by atoms with Crippen LogP contribution in [0, 0.1) is 0 Å². The molecule has 0 fully saturated rings. The molecule has 1 heterocycles. The maximum Gasteiger partial charge on any atom is 0.173 e. The van der Waals surface area contributed by atoms with Crippen LogP contribution in [0.1, 0.15) is 32.4 Å². The third-order valence-electron chi connectivity index (χ3n) is 3.66. The number of benzene rings is 1. The molecule has 2 N–H and O–H groups in total. The molecule has 0 saturated carbocycles. The van der Waals surface area contributed by atoms with E-state index in [1.807, 2.05) is 18.7 Å². The highest BCUT2D eigenvalue weighted by Crippen LogP contribution is 2.40. The van der Waals surface area contributed by atoms with Crippen LogP contribution in [0.15, 0.2) is 32.3 Å². The van der Waals surface area contributed by atoms with Crippen molar-refractivity contribution in [2.45, 2.75) is 26.8 Å². The first kappa shape index (κ1) is 17.4. The molecule has 0 spiro atoms. The molecule has 0 amide bonds. The van der Waals surface area contributed by atoms with Crippen molar-refractivity contribution >= 4 is 55.0 Å². The second-order valence-electron chi connectivity index (χ2n) is 5.01. The van der Waals surface area contributed by atoms with Crippen LogP contribution >= 0.6 is 44.1 Å². The van der Waals surface area contributed by atoms with Crippen molar-refractivity contribution in [3.8, 4) is 5.75 Å². The van der Waals surface area contributed by atoms with Gasteiger partial charge in [-0.05, 0) is 61.1 Å². The predicted octanol–water partition coefficient (Wildman–Crippen LogP) is 4.03. The number of rotatable bonds is 3. The lowest BCUT2D eigenvalue weighted by atomic mass is 9.92. The van der Waals surface area contributed by atoms with E-state index in [1.165, 1.54) is 6.92 Å². The Morgan fingerprint density at radius 1 is 1.45 bits per heavy atom. The van der Waals surface area contributed by atoms with Crippen LogP contribution in [-0.4, -0.2) is 27.4 Å². The molecule has 1 aromatic carbocycles. The zero-order valence-electron chi connectivity index (χ0n) is 12.4. The zero-order chi connectivity index (χ0) is 16.6. The molecule has 1 aliphatic rings. The van der Waals surface area contributed by atoms with Crippen LogP contribution in [0.5, 0.6) is 5.75 Å². The zero-order valence-corrected chi connectivity index (χ0v) is 16.4. The van der Waals surface area contributed by atoms with Crippen molar-refractivity contribution in [2.75, 3.05) is 6.54 Å². The molecule has 1 unspecified atom stereocenters. The summed E-state index contributed by atoms with van der Waals surface area (Å²) in [7, 11) is 0. The number of nitrogens with one attached hydrogen (secondary N) is 1. The fourth-order valence-corrected chi connectivity index (χ4v) is 4.30.